The zero-order valence-corrected chi connectivity index (χ0v) is 15.4. The van der Waals surface area contributed by atoms with Gasteiger partial charge in [-0.3, -0.25) is 19.3 Å². The molecule has 2 heterocycles. The van der Waals surface area contributed by atoms with Crippen molar-refractivity contribution in [2.24, 2.45) is 0 Å². The Bertz CT molecular complexity index is 638. The van der Waals surface area contributed by atoms with Crippen LogP contribution in [0.15, 0.2) is 29.2 Å². The van der Waals surface area contributed by atoms with Gasteiger partial charge < -0.3 is 4.90 Å². The molecule has 24 heavy (non-hydrogen) atoms. The summed E-state index contributed by atoms with van der Waals surface area (Å²) in [5, 5.41) is 0.347. The maximum absolute atomic E-state index is 12.3. The van der Waals surface area contributed by atoms with E-state index in [2.05, 4.69) is 13.8 Å². The molecule has 3 amide bonds. The van der Waals surface area contributed by atoms with Crippen LogP contribution in [0.5, 0.6) is 0 Å². The lowest BCUT2D eigenvalue weighted by Crippen LogP contribution is -2.62. The van der Waals surface area contributed by atoms with E-state index in [4.69, 9.17) is 0 Å². The lowest BCUT2D eigenvalue weighted by molar-refractivity contribution is -0.141. The zero-order chi connectivity index (χ0) is 17.3. The van der Waals surface area contributed by atoms with Crippen LogP contribution in [0.2, 0.25) is 0 Å². The fraction of sp³-hybridized carbons (Fsp3) is 0.471. The molecule has 2 aliphatic rings. The third-order valence-corrected chi connectivity index (χ3v) is 5.87. The summed E-state index contributed by atoms with van der Waals surface area (Å²) in [5.74, 6) is 0.131. The van der Waals surface area contributed by atoms with Gasteiger partial charge in [0.1, 0.15) is 0 Å². The number of carbonyl (C=O) groups excluding carboxylic acids is 3. The van der Waals surface area contributed by atoms with Crippen LogP contribution in [0.4, 0.5) is 4.79 Å². The number of hydrogen-bond donors (Lipinski definition) is 0. The van der Waals surface area contributed by atoms with Crippen LogP contribution in [0.25, 0.3) is 0 Å². The van der Waals surface area contributed by atoms with Crippen molar-refractivity contribution in [1.29, 1.82) is 0 Å². The second kappa shape index (κ2) is 7.19. The van der Waals surface area contributed by atoms with E-state index < -0.39 is 0 Å². The van der Waals surface area contributed by atoms with Gasteiger partial charge in [-0.1, -0.05) is 37.7 Å². The summed E-state index contributed by atoms with van der Waals surface area (Å²) in [5.41, 5.74) is 0.987. The van der Waals surface area contributed by atoms with Crippen LogP contribution < -0.4 is 0 Å². The summed E-state index contributed by atoms with van der Waals surface area (Å²) in [4.78, 5) is 39.9. The summed E-state index contributed by atoms with van der Waals surface area (Å²) in [6.45, 7) is 5.21. The minimum absolute atomic E-state index is 0.0438. The lowest BCUT2D eigenvalue weighted by atomic mass is 10.0. The zero-order valence-electron chi connectivity index (χ0n) is 13.7. The largest absolute Gasteiger partial charge is 0.338 e. The van der Waals surface area contributed by atoms with E-state index in [0.717, 1.165) is 17.3 Å². The van der Waals surface area contributed by atoms with Crippen LogP contribution >= 0.6 is 23.5 Å². The van der Waals surface area contributed by atoms with Crippen LogP contribution in [0, 0.1) is 0 Å². The highest BCUT2D eigenvalue weighted by molar-refractivity contribution is 8.14. The second-order valence-electron chi connectivity index (χ2n) is 6.26. The number of likely N-dealkylation sites (tertiary alicyclic amines) is 1. The molecule has 5 nitrogen and oxygen atoms in total. The Hall–Kier alpha value is -1.47. The van der Waals surface area contributed by atoms with Crippen molar-refractivity contribution in [3.05, 3.63) is 29.8 Å². The summed E-state index contributed by atoms with van der Waals surface area (Å²) >= 11 is 2.84. The summed E-state index contributed by atoms with van der Waals surface area (Å²) in [6.07, 6.45) is 0.357. The lowest BCUT2D eigenvalue weighted by Gasteiger charge is -2.42. The van der Waals surface area contributed by atoms with Gasteiger partial charge in [-0.05, 0) is 17.7 Å². The van der Waals surface area contributed by atoms with Crippen molar-refractivity contribution in [2.45, 2.75) is 36.5 Å². The molecule has 0 unspecified atom stereocenters. The molecule has 2 aliphatic heterocycles. The molecule has 1 aromatic carbocycles. The Labute approximate surface area is 150 Å². The van der Waals surface area contributed by atoms with Crippen LogP contribution in [-0.4, -0.2) is 57.0 Å². The molecule has 0 N–H and O–H groups in total. The first-order valence-electron chi connectivity index (χ1n) is 7.96. The minimum Gasteiger partial charge on any atom is -0.338 e. The van der Waals surface area contributed by atoms with Gasteiger partial charge in [0.2, 0.25) is 11.8 Å². The molecule has 128 valence electrons. The van der Waals surface area contributed by atoms with Gasteiger partial charge in [0, 0.05) is 23.2 Å². The number of thioether (sulfide) groups is 2. The third-order valence-electron chi connectivity index (χ3n) is 4.02. The van der Waals surface area contributed by atoms with Gasteiger partial charge in [0.05, 0.1) is 18.2 Å². The topological polar surface area (TPSA) is 57.7 Å². The normalized spacial score (nSPS) is 18.5. The van der Waals surface area contributed by atoms with Gasteiger partial charge in [-0.2, -0.15) is 0 Å². The molecule has 2 fully saturated rings. The predicted molar refractivity (Wildman–Crippen MR) is 96.2 cm³/mol. The van der Waals surface area contributed by atoms with E-state index in [1.165, 1.54) is 9.80 Å². The van der Waals surface area contributed by atoms with Crippen molar-refractivity contribution in [3.8, 4) is 0 Å². The third kappa shape index (κ3) is 3.78. The maximum Gasteiger partial charge on any atom is 0.289 e. The molecule has 0 radical (unpaired) electrons. The molecule has 7 heteroatoms. The average Bonchev–Trinajstić information content (AvgIpc) is 2.79. The Morgan fingerprint density at radius 3 is 2.46 bits per heavy atom. The van der Waals surface area contributed by atoms with E-state index in [1.807, 2.05) is 24.3 Å². The smallest absolute Gasteiger partial charge is 0.289 e. The molecule has 1 aromatic rings. The van der Waals surface area contributed by atoms with Crippen molar-refractivity contribution < 1.29 is 14.4 Å². The quantitative estimate of drug-likeness (QED) is 0.752. The predicted octanol–water partition coefficient (Wildman–Crippen LogP) is 2.64. The van der Waals surface area contributed by atoms with Gasteiger partial charge in [-0.15, -0.1) is 11.8 Å². The molecule has 0 aliphatic carbocycles. The van der Waals surface area contributed by atoms with Crippen LogP contribution in [-0.2, 0) is 16.0 Å². The molecule has 0 bridgehead atoms. The molecular formula is C17H20N2O3S2. The Balaban J connectivity index is 1.50. The molecule has 0 atom stereocenters. The van der Waals surface area contributed by atoms with Gasteiger partial charge in [-0.25, -0.2) is 0 Å². The van der Waals surface area contributed by atoms with Crippen molar-refractivity contribution in [1.82, 2.24) is 9.80 Å². The highest BCUT2D eigenvalue weighted by atomic mass is 32.2. The Kier molecular flexibility index (Phi) is 5.20. The first-order valence-corrected chi connectivity index (χ1v) is 9.82. The van der Waals surface area contributed by atoms with Crippen molar-refractivity contribution >= 4 is 40.6 Å². The number of rotatable bonds is 5. The monoisotopic (exact) mass is 364 g/mol. The number of amides is 3. The number of nitrogens with zero attached hydrogens (tertiary/aromatic N) is 2. The van der Waals surface area contributed by atoms with E-state index in [1.54, 1.807) is 16.7 Å². The number of benzene rings is 1. The van der Waals surface area contributed by atoms with Crippen LogP contribution in [0.3, 0.4) is 0 Å². The summed E-state index contributed by atoms with van der Waals surface area (Å²) < 4.78 is 0. The van der Waals surface area contributed by atoms with Gasteiger partial charge in [0.15, 0.2) is 0 Å². The summed E-state index contributed by atoms with van der Waals surface area (Å²) in [7, 11) is 0. The second-order valence-corrected chi connectivity index (χ2v) is 8.83. The van der Waals surface area contributed by atoms with Crippen LogP contribution in [0.1, 0.15) is 19.4 Å². The SMILES string of the molecule is CC(C)Sc1ccc(CC(=O)N2CC(N3C(=O)CSC3=O)C2)cc1. The van der Waals surface area contributed by atoms with Crippen molar-refractivity contribution in [3.63, 3.8) is 0 Å². The van der Waals surface area contributed by atoms with E-state index in [9.17, 15) is 14.4 Å². The Morgan fingerprint density at radius 1 is 1.25 bits per heavy atom. The van der Waals surface area contributed by atoms with E-state index in [-0.39, 0.29) is 28.8 Å². The minimum atomic E-state index is -0.185. The highest BCUT2D eigenvalue weighted by Crippen LogP contribution is 2.27. The van der Waals surface area contributed by atoms with E-state index >= 15 is 0 Å². The summed E-state index contributed by atoms with van der Waals surface area (Å²) in [6, 6.07) is 7.93. The maximum atomic E-state index is 12.3. The molecule has 0 saturated carbocycles. The van der Waals surface area contributed by atoms with Gasteiger partial charge >= 0.3 is 0 Å². The van der Waals surface area contributed by atoms with Crippen molar-refractivity contribution in [2.75, 3.05) is 18.8 Å². The average molecular weight is 364 g/mol. The molecule has 3 rings (SSSR count). The first-order chi connectivity index (χ1) is 11.4. The fourth-order valence-corrected chi connectivity index (χ4v) is 4.40. The number of hydrogen-bond acceptors (Lipinski definition) is 5. The van der Waals surface area contributed by atoms with E-state index in [0.29, 0.717) is 24.8 Å². The first kappa shape index (κ1) is 17.4. The van der Waals surface area contributed by atoms with Gasteiger partial charge in [0.25, 0.3) is 5.24 Å². The molecule has 0 aromatic heterocycles. The fourth-order valence-electron chi connectivity index (χ4n) is 2.78. The number of carbonyl (C=O) groups is 3. The standard InChI is InChI=1S/C17H20N2O3S2/c1-11(2)24-14-5-3-12(4-6-14)7-15(20)18-8-13(9-18)19-16(21)10-23-17(19)22/h3-6,11,13H,7-10H2,1-2H3. The Morgan fingerprint density at radius 2 is 1.92 bits per heavy atom. The molecule has 2 saturated heterocycles. The molecule has 0 spiro atoms. The number of imide groups is 1. The highest BCUT2D eigenvalue weighted by Gasteiger charge is 2.43. The molecular weight excluding hydrogens is 344 g/mol.